The van der Waals surface area contributed by atoms with Crippen LogP contribution in [0.4, 0.5) is 0 Å². The number of hydrogen-bond donors (Lipinski definition) is 2. The second-order valence-corrected chi connectivity index (χ2v) is 5.48. The molecular formula is C15H20N4O2. The van der Waals surface area contributed by atoms with Crippen molar-refractivity contribution in [1.82, 2.24) is 19.8 Å². The van der Waals surface area contributed by atoms with E-state index in [1.165, 1.54) is 4.57 Å². The van der Waals surface area contributed by atoms with Gasteiger partial charge in [-0.1, -0.05) is 12.1 Å². The fourth-order valence-electron chi connectivity index (χ4n) is 2.92. The van der Waals surface area contributed by atoms with Gasteiger partial charge >= 0.3 is 5.69 Å². The van der Waals surface area contributed by atoms with Crippen LogP contribution < -0.4 is 11.0 Å². The number of aromatic amines is 1. The van der Waals surface area contributed by atoms with Gasteiger partial charge in [0.25, 0.3) is 0 Å². The predicted molar refractivity (Wildman–Crippen MR) is 81.2 cm³/mol. The average Bonchev–Trinajstić information content (AvgIpc) is 2.83. The number of carbonyl (C=O) groups is 1. The molecule has 0 spiro atoms. The molecule has 1 saturated heterocycles. The minimum Gasteiger partial charge on any atom is -0.341 e. The number of rotatable bonds is 3. The highest BCUT2D eigenvalue weighted by Crippen LogP contribution is 2.12. The number of nitrogens with zero attached hydrogens (tertiary/aromatic N) is 2. The number of nitrogens with one attached hydrogen (secondary N) is 2. The molecule has 1 aromatic carbocycles. The molecule has 1 aliphatic heterocycles. The van der Waals surface area contributed by atoms with Crippen LogP contribution in [0.25, 0.3) is 11.0 Å². The third-order valence-electron chi connectivity index (χ3n) is 4.23. The van der Waals surface area contributed by atoms with Gasteiger partial charge in [0.1, 0.15) is 6.54 Å². The van der Waals surface area contributed by atoms with E-state index in [1.54, 1.807) is 0 Å². The van der Waals surface area contributed by atoms with Gasteiger partial charge in [0, 0.05) is 19.1 Å². The molecule has 0 bridgehead atoms. The van der Waals surface area contributed by atoms with Gasteiger partial charge in [-0.15, -0.1) is 0 Å². The second kappa shape index (κ2) is 5.73. The normalized spacial score (nSPS) is 16.5. The first kappa shape index (κ1) is 13.9. The molecule has 0 saturated carbocycles. The largest absolute Gasteiger partial charge is 0.341 e. The van der Waals surface area contributed by atoms with Gasteiger partial charge in [-0.2, -0.15) is 0 Å². The molecule has 112 valence electrons. The van der Waals surface area contributed by atoms with Crippen LogP contribution in [0.15, 0.2) is 29.1 Å². The summed E-state index contributed by atoms with van der Waals surface area (Å²) in [6, 6.07) is 7.93. The van der Waals surface area contributed by atoms with Crippen molar-refractivity contribution in [3.05, 3.63) is 34.7 Å². The van der Waals surface area contributed by atoms with Crippen LogP contribution in [-0.2, 0) is 11.3 Å². The lowest BCUT2D eigenvalue weighted by Gasteiger charge is -2.31. The van der Waals surface area contributed by atoms with Gasteiger partial charge in [0.15, 0.2) is 0 Å². The molecule has 0 unspecified atom stereocenters. The van der Waals surface area contributed by atoms with Gasteiger partial charge in [-0.05, 0) is 32.0 Å². The molecule has 1 aromatic heterocycles. The molecule has 2 aromatic rings. The third kappa shape index (κ3) is 2.71. The quantitative estimate of drug-likeness (QED) is 0.866. The highest BCUT2D eigenvalue weighted by atomic mass is 16.2. The summed E-state index contributed by atoms with van der Waals surface area (Å²) in [7, 11) is 1.95. The van der Waals surface area contributed by atoms with Crippen molar-refractivity contribution in [2.45, 2.75) is 25.4 Å². The van der Waals surface area contributed by atoms with E-state index in [0.29, 0.717) is 6.04 Å². The third-order valence-corrected chi connectivity index (χ3v) is 4.23. The lowest BCUT2D eigenvalue weighted by atomic mass is 10.1. The number of amides is 1. The molecule has 2 N–H and O–H groups in total. The smallest absolute Gasteiger partial charge is 0.326 e. The van der Waals surface area contributed by atoms with Crippen molar-refractivity contribution < 1.29 is 4.79 Å². The standard InChI is InChI=1S/C15H20N4O2/c1-16-11-6-8-18(9-7-11)14(20)10-19-13-5-3-2-4-12(13)17-15(19)21/h2-5,11,16H,6-10H2,1H3,(H,17,21). The number of piperidine rings is 1. The maximum absolute atomic E-state index is 12.4. The molecule has 0 aliphatic carbocycles. The fraction of sp³-hybridized carbons (Fsp3) is 0.467. The van der Waals surface area contributed by atoms with Crippen LogP contribution in [0.2, 0.25) is 0 Å². The number of aromatic nitrogens is 2. The molecule has 2 heterocycles. The maximum atomic E-state index is 12.4. The first-order valence-corrected chi connectivity index (χ1v) is 7.31. The number of carbonyl (C=O) groups excluding carboxylic acids is 1. The number of imidazole rings is 1. The lowest BCUT2D eigenvalue weighted by molar-refractivity contribution is -0.132. The van der Waals surface area contributed by atoms with Crippen LogP contribution in [-0.4, -0.2) is 46.5 Å². The van der Waals surface area contributed by atoms with Crippen molar-refractivity contribution in [2.75, 3.05) is 20.1 Å². The first-order valence-electron chi connectivity index (χ1n) is 7.31. The van der Waals surface area contributed by atoms with Crippen molar-refractivity contribution in [3.63, 3.8) is 0 Å². The van der Waals surface area contributed by atoms with Crippen molar-refractivity contribution in [2.24, 2.45) is 0 Å². The Morgan fingerprint density at radius 2 is 2.05 bits per heavy atom. The Morgan fingerprint density at radius 3 is 2.76 bits per heavy atom. The summed E-state index contributed by atoms with van der Waals surface area (Å²) in [6.45, 7) is 1.61. The molecule has 1 amide bonds. The van der Waals surface area contributed by atoms with Gasteiger partial charge in [0.2, 0.25) is 5.91 Å². The Bertz CT molecular complexity index is 695. The number of hydrogen-bond acceptors (Lipinski definition) is 3. The van der Waals surface area contributed by atoms with Crippen LogP contribution in [0, 0.1) is 0 Å². The van der Waals surface area contributed by atoms with Crippen LogP contribution in [0.5, 0.6) is 0 Å². The number of para-hydroxylation sites is 2. The highest BCUT2D eigenvalue weighted by molar-refractivity contribution is 5.80. The van der Waals surface area contributed by atoms with E-state index in [1.807, 2.05) is 36.2 Å². The van der Waals surface area contributed by atoms with Crippen molar-refractivity contribution in [3.8, 4) is 0 Å². The number of likely N-dealkylation sites (tertiary alicyclic amines) is 1. The molecule has 6 nitrogen and oxygen atoms in total. The summed E-state index contributed by atoms with van der Waals surface area (Å²) < 4.78 is 1.52. The predicted octanol–water partition coefficient (Wildman–Crippen LogP) is 0.540. The zero-order valence-corrected chi connectivity index (χ0v) is 12.1. The Labute approximate surface area is 122 Å². The molecule has 0 atom stereocenters. The number of H-pyrrole nitrogens is 1. The lowest BCUT2D eigenvalue weighted by Crippen LogP contribution is -2.45. The van der Waals surface area contributed by atoms with Crippen LogP contribution in [0.1, 0.15) is 12.8 Å². The Kier molecular flexibility index (Phi) is 3.79. The van der Waals surface area contributed by atoms with E-state index in [4.69, 9.17) is 0 Å². The Balaban J connectivity index is 1.75. The minimum atomic E-state index is -0.227. The van der Waals surface area contributed by atoms with Gasteiger partial charge in [0.05, 0.1) is 11.0 Å². The summed E-state index contributed by atoms with van der Waals surface area (Å²) in [5.74, 6) is 0.0106. The maximum Gasteiger partial charge on any atom is 0.326 e. The van der Waals surface area contributed by atoms with E-state index in [2.05, 4.69) is 10.3 Å². The summed E-state index contributed by atoms with van der Waals surface area (Å²) >= 11 is 0. The SMILES string of the molecule is CNC1CCN(C(=O)Cn2c(=O)[nH]c3ccccc32)CC1. The topological polar surface area (TPSA) is 70.1 Å². The molecule has 1 fully saturated rings. The summed E-state index contributed by atoms with van der Waals surface area (Å²) in [5, 5.41) is 3.24. The van der Waals surface area contributed by atoms with Crippen molar-refractivity contribution >= 4 is 16.9 Å². The fourth-order valence-corrected chi connectivity index (χ4v) is 2.92. The van der Waals surface area contributed by atoms with Gasteiger partial charge in [-0.25, -0.2) is 4.79 Å². The van der Waals surface area contributed by atoms with E-state index >= 15 is 0 Å². The van der Waals surface area contributed by atoms with E-state index < -0.39 is 0 Å². The summed E-state index contributed by atoms with van der Waals surface area (Å²) in [4.78, 5) is 29.0. The number of benzene rings is 1. The van der Waals surface area contributed by atoms with E-state index in [0.717, 1.165) is 37.0 Å². The molecule has 6 heteroatoms. The molecule has 3 rings (SSSR count). The number of fused-ring (bicyclic) bond motifs is 1. The molecule has 0 radical (unpaired) electrons. The molecular weight excluding hydrogens is 268 g/mol. The zero-order chi connectivity index (χ0) is 14.8. The zero-order valence-electron chi connectivity index (χ0n) is 12.1. The van der Waals surface area contributed by atoms with Crippen LogP contribution >= 0.6 is 0 Å². The van der Waals surface area contributed by atoms with Crippen LogP contribution in [0.3, 0.4) is 0 Å². The molecule has 21 heavy (non-hydrogen) atoms. The monoisotopic (exact) mass is 288 g/mol. The summed E-state index contributed by atoms with van der Waals surface area (Å²) in [6.07, 6.45) is 1.93. The minimum absolute atomic E-state index is 0.0106. The Morgan fingerprint density at radius 1 is 1.33 bits per heavy atom. The molecule has 1 aliphatic rings. The van der Waals surface area contributed by atoms with Crippen molar-refractivity contribution in [1.29, 1.82) is 0 Å². The highest BCUT2D eigenvalue weighted by Gasteiger charge is 2.22. The van der Waals surface area contributed by atoms with Gasteiger partial charge < -0.3 is 15.2 Å². The Hall–Kier alpha value is -2.08. The average molecular weight is 288 g/mol. The van der Waals surface area contributed by atoms with E-state index in [9.17, 15) is 9.59 Å². The second-order valence-electron chi connectivity index (χ2n) is 5.48. The first-order chi connectivity index (χ1) is 10.2. The summed E-state index contributed by atoms with van der Waals surface area (Å²) in [5.41, 5.74) is 1.32. The van der Waals surface area contributed by atoms with Gasteiger partial charge in [-0.3, -0.25) is 9.36 Å². The van der Waals surface area contributed by atoms with E-state index in [-0.39, 0.29) is 18.1 Å².